The lowest BCUT2D eigenvalue weighted by atomic mass is 9.94. The number of nitrogens with one attached hydrogen (secondary N) is 2. The summed E-state index contributed by atoms with van der Waals surface area (Å²) in [5.74, 6) is 2.18. The van der Waals surface area contributed by atoms with Crippen LogP contribution in [0.25, 0.3) is 16.9 Å². The van der Waals surface area contributed by atoms with Crippen LogP contribution in [0.5, 0.6) is 11.5 Å². The number of amides is 2. The Labute approximate surface area is 239 Å². The fourth-order valence-electron chi connectivity index (χ4n) is 5.59. The van der Waals surface area contributed by atoms with E-state index in [1.165, 1.54) is 0 Å². The normalized spacial score (nSPS) is 18.4. The van der Waals surface area contributed by atoms with E-state index < -0.39 is 0 Å². The first-order valence-electron chi connectivity index (χ1n) is 13.8. The van der Waals surface area contributed by atoms with Crippen molar-refractivity contribution in [1.29, 1.82) is 0 Å². The van der Waals surface area contributed by atoms with Gasteiger partial charge in [0.25, 0.3) is 0 Å². The Bertz CT molecular complexity index is 1520. The Morgan fingerprint density at radius 2 is 1.90 bits per heavy atom. The lowest BCUT2D eigenvalue weighted by Gasteiger charge is -2.23. The van der Waals surface area contributed by atoms with Crippen LogP contribution in [0, 0.1) is 6.92 Å². The molecule has 41 heavy (non-hydrogen) atoms. The molecule has 0 saturated carbocycles. The molecule has 11 nitrogen and oxygen atoms in total. The minimum Gasteiger partial charge on any atom is -0.486 e. The van der Waals surface area contributed by atoms with Crippen LogP contribution in [0.2, 0.25) is 0 Å². The molecule has 2 aromatic carbocycles. The van der Waals surface area contributed by atoms with Gasteiger partial charge in [-0.05, 0) is 36.8 Å². The molecule has 2 aromatic heterocycles. The van der Waals surface area contributed by atoms with Crippen molar-refractivity contribution in [1.82, 2.24) is 29.8 Å². The minimum atomic E-state index is -0.288. The zero-order valence-electron chi connectivity index (χ0n) is 23.5. The van der Waals surface area contributed by atoms with E-state index in [9.17, 15) is 4.79 Å². The number of aromatic nitrogens is 4. The van der Waals surface area contributed by atoms with Gasteiger partial charge in [-0.15, -0.1) is 0 Å². The highest BCUT2D eigenvalue weighted by Gasteiger charge is 2.35. The van der Waals surface area contributed by atoms with Crippen molar-refractivity contribution < 1.29 is 19.0 Å². The Kier molecular flexibility index (Phi) is 7.62. The highest BCUT2D eigenvalue weighted by Crippen LogP contribution is 2.36. The molecular weight excluding hydrogens is 522 g/mol. The van der Waals surface area contributed by atoms with Gasteiger partial charge in [-0.1, -0.05) is 24.3 Å². The summed E-state index contributed by atoms with van der Waals surface area (Å²) in [4.78, 5) is 15.9. The molecule has 0 unspecified atom stereocenters. The summed E-state index contributed by atoms with van der Waals surface area (Å²) < 4.78 is 20.4. The zero-order valence-corrected chi connectivity index (χ0v) is 23.5. The van der Waals surface area contributed by atoms with Crippen molar-refractivity contribution >= 4 is 11.8 Å². The average Bonchev–Trinajstić information content (AvgIpc) is 3.69. The van der Waals surface area contributed by atoms with Crippen molar-refractivity contribution in [3.8, 4) is 28.4 Å². The second kappa shape index (κ2) is 11.6. The third-order valence-electron chi connectivity index (χ3n) is 7.65. The predicted molar refractivity (Wildman–Crippen MR) is 155 cm³/mol. The van der Waals surface area contributed by atoms with Crippen molar-refractivity contribution in [3.63, 3.8) is 0 Å². The SMILES string of the molecule is COCCN1C[C@@H](NC(=O)Nc2c(C)c(-c3cnn(C)c3)nn2-c2ccccc2)[C@H](c2ccc3c(c2)OCCO3)C1. The van der Waals surface area contributed by atoms with Gasteiger partial charge in [0.05, 0.1) is 24.5 Å². The predicted octanol–water partition coefficient (Wildman–Crippen LogP) is 3.59. The lowest BCUT2D eigenvalue weighted by molar-refractivity contribution is 0.159. The van der Waals surface area contributed by atoms with Crippen LogP contribution in [0.15, 0.2) is 60.9 Å². The topological polar surface area (TPSA) is 108 Å². The fourth-order valence-corrected chi connectivity index (χ4v) is 5.59. The molecule has 11 heteroatoms. The standard InChI is InChI=1S/C30H35N7O4/c1-20-28(22-16-31-35(2)17-22)34-37(23-7-5-4-6-8-23)29(20)33-30(38)32-25-19-36(11-12-39-3)18-24(25)21-9-10-26-27(15-21)41-14-13-40-26/h4-10,15-17,24-25H,11-14,18-19H2,1-3H3,(H2,32,33,38)/t24-,25+/m0/s1. The third kappa shape index (κ3) is 5.63. The van der Waals surface area contributed by atoms with Gasteiger partial charge >= 0.3 is 6.03 Å². The van der Waals surface area contributed by atoms with Crippen LogP contribution in [0.4, 0.5) is 10.6 Å². The molecule has 0 spiro atoms. The smallest absolute Gasteiger partial charge is 0.320 e. The number of ether oxygens (including phenoxy) is 3. The van der Waals surface area contributed by atoms with E-state index >= 15 is 0 Å². The number of likely N-dealkylation sites (tertiary alicyclic amines) is 1. The van der Waals surface area contributed by atoms with E-state index in [4.69, 9.17) is 19.3 Å². The van der Waals surface area contributed by atoms with Gasteiger partial charge in [-0.3, -0.25) is 14.9 Å². The third-order valence-corrected chi connectivity index (χ3v) is 7.65. The zero-order chi connectivity index (χ0) is 28.3. The number of aryl methyl sites for hydroxylation is 1. The Balaban J connectivity index is 1.27. The number of rotatable bonds is 8. The van der Waals surface area contributed by atoms with Crippen molar-refractivity contribution in [3.05, 3.63) is 72.1 Å². The Morgan fingerprint density at radius 1 is 1.10 bits per heavy atom. The van der Waals surface area contributed by atoms with Gasteiger partial charge in [-0.2, -0.15) is 10.2 Å². The molecule has 0 radical (unpaired) electrons. The maximum Gasteiger partial charge on any atom is 0.320 e. The van der Waals surface area contributed by atoms with Gasteiger partial charge in [-0.25, -0.2) is 9.48 Å². The molecule has 0 aliphatic carbocycles. The van der Waals surface area contributed by atoms with Crippen LogP contribution < -0.4 is 20.1 Å². The van der Waals surface area contributed by atoms with Crippen LogP contribution in [-0.2, 0) is 11.8 Å². The highest BCUT2D eigenvalue weighted by atomic mass is 16.6. The molecule has 0 bridgehead atoms. The van der Waals surface area contributed by atoms with Crippen molar-refractivity contribution in [2.75, 3.05) is 51.9 Å². The van der Waals surface area contributed by atoms with E-state index in [2.05, 4.69) is 26.7 Å². The van der Waals surface area contributed by atoms with Crippen LogP contribution in [-0.4, -0.2) is 83.1 Å². The molecule has 2 N–H and O–H groups in total. The quantitative estimate of drug-likeness (QED) is 0.341. The van der Waals surface area contributed by atoms with Gasteiger partial charge in [0.2, 0.25) is 0 Å². The van der Waals surface area contributed by atoms with Crippen LogP contribution >= 0.6 is 0 Å². The molecule has 1 fully saturated rings. The summed E-state index contributed by atoms with van der Waals surface area (Å²) >= 11 is 0. The number of carbonyl (C=O) groups is 1. The first kappa shape index (κ1) is 26.9. The number of methoxy groups -OCH3 is 1. The number of urea groups is 1. The summed E-state index contributed by atoms with van der Waals surface area (Å²) in [6, 6.07) is 15.4. The number of hydrogen-bond acceptors (Lipinski definition) is 7. The van der Waals surface area contributed by atoms with Gasteiger partial charge in [0, 0.05) is 57.0 Å². The molecule has 1 saturated heterocycles. The van der Waals surface area contributed by atoms with Gasteiger partial charge in [0.1, 0.15) is 24.7 Å². The molecule has 2 aliphatic heterocycles. The number of hydrogen-bond donors (Lipinski definition) is 2. The summed E-state index contributed by atoms with van der Waals surface area (Å²) in [5, 5.41) is 15.6. The number of fused-ring (bicyclic) bond motifs is 1. The van der Waals surface area contributed by atoms with Crippen molar-refractivity contribution in [2.24, 2.45) is 7.05 Å². The Hall–Kier alpha value is -4.35. The summed E-state index contributed by atoms with van der Waals surface area (Å²) in [6.45, 7) is 5.94. The van der Waals surface area contributed by atoms with E-state index in [1.54, 1.807) is 22.7 Å². The maximum absolute atomic E-state index is 13.6. The maximum atomic E-state index is 13.6. The molecule has 4 heterocycles. The molecule has 4 aromatic rings. The van der Waals surface area contributed by atoms with Gasteiger partial charge in [0.15, 0.2) is 11.5 Å². The fraction of sp³-hybridized carbons (Fsp3) is 0.367. The molecular formula is C30H35N7O4. The van der Waals surface area contributed by atoms with E-state index in [0.717, 1.165) is 52.7 Å². The van der Waals surface area contributed by atoms with E-state index in [1.807, 2.05) is 62.6 Å². The second-order valence-electron chi connectivity index (χ2n) is 10.4. The summed E-state index contributed by atoms with van der Waals surface area (Å²) in [5.41, 5.74) is 4.45. The number of carbonyl (C=O) groups excluding carboxylic acids is 1. The molecule has 2 aliphatic rings. The van der Waals surface area contributed by atoms with Crippen molar-refractivity contribution in [2.45, 2.75) is 18.9 Å². The average molecular weight is 558 g/mol. The first-order chi connectivity index (χ1) is 20.0. The highest BCUT2D eigenvalue weighted by molar-refractivity contribution is 5.91. The number of benzene rings is 2. The van der Waals surface area contributed by atoms with Crippen LogP contribution in [0.1, 0.15) is 17.0 Å². The van der Waals surface area contributed by atoms with E-state index in [-0.39, 0.29) is 18.0 Å². The summed E-state index contributed by atoms with van der Waals surface area (Å²) in [6.07, 6.45) is 3.69. The Morgan fingerprint density at radius 3 is 2.66 bits per heavy atom. The van der Waals surface area contributed by atoms with E-state index in [0.29, 0.717) is 32.2 Å². The molecule has 2 amide bonds. The number of para-hydroxylation sites is 1. The minimum absolute atomic E-state index is 0.0690. The molecule has 6 rings (SSSR count). The van der Waals surface area contributed by atoms with Crippen LogP contribution in [0.3, 0.4) is 0 Å². The monoisotopic (exact) mass is 557 g/mol. The number of anilines is 1. The first-order valence-corrected chi connectivity index (χ1v) is 13.8. The molecule has 2 atom stereocenters. The molecule has 214 valence electrons. The lowest BCUT2D eigenvalue weighted by Crippen LogP contribution is -2.42. The summed E-state index contributed by atoms with van der Waals surface area (Å²) in [7, 11) is 3.57. The number of nitrogens with zero attached hydrogens (tertiary/aromatic N) is 5. The second-order valence-corrected chi connectivity index (χ2v) is 10.4. The largest absolute Gasteiger partial charge is 0.486 e. The van der Waals surface area contributed by atoms with Gasteiger partial charge < -0.3 is 19.5 Å².